The van der Waals surface area contributed by atoms with E-state index in [-0.39, 0.29) is 17.9 Å². The van der Waals surface area contributed by atoms with Crippen LogP contribution in [0.5, 0.6) is 0 Å². The fraction of sp³-hybridized carbons (Fsp3) is 0.385. The molecule has 5 nitrogen and oxygen atoms in total. The lowest BCUT2D eigenvalue weighted by atomic mass is 9.91. The molecule has 2 aromatic carbocycles. The van der Waals surface area contributed by atoms with Gasteiger partial charge in [0, 0.05) is 23.5 Å². The number of hydrogen-bond acceptors (Lipinski definition) is 2. The number of para-hydroxylation sites is 1. The van der Waals surface area contributed by atoms with Gasteiger partial charge in [-0.2, -0.15) is 0 Å². The number of nitrogens with one attached hydrogen (secondary N) is 1. The second-order valence-corrected chi connectivity index (χ2v) is 9.13. The largest absolute Gasteiger partial charge is 0.351 e. The fourth-order valence-corrected chi connectivity index (χ4v) is 5.11. The number of rotatable bonds is 4. The van der Waals surface area contributed by atoms with Gasteiger partial charge in [-0.15, -0.1) is 0 Å². The Morgan fingerprint density at radius 3 is 2.52 bits per heavy atom. The summed E-state index contributed by atoms with van der Waals surface area (Å²) >= 11 is 0. The molecule has 2 aliphatic rings. The Balaban J connectivity index is 1.55. The number of hydrogen-bond donors (Lipinski definition) is 1. The molecule has 2 amide bonds. The van der Waals surface area contributed by atoms with Crippen molar-refractivity contribution in [2.45, 2.75) is 63.7 Å². The van der Waals surface area contributed by atoms with Gasteiger partial charge in [0.25, 0.3) is 5.91 Å². The number of carbonyl (C=O) groups excluding carboxylic acids is 2. The van der Waals surface area contributed by atoms with E-state index >= 15 is 0 Å². The molecule has 5 heteroatoms. The Hall–Kier alpha value is -3.08. The molecule has 1 saturated carbocycles. The third-order valence-corrected chi connectivity index (χ3v) is 6.95. The SMILES string of the molecule is C[C@]1(C(=O)NC2CCCCC2)Cn2c(cc3ccccc32)C(=O)N1Cc1ccccc1. The van der Waals surface area contributed by atoms with Crippen molar-refractivity contribution in [3.05, 3.63) is 71.9 Å². The third kappa shape index (κ3) is 3.52. The lowest BCUT2D eigenvalue weighted by Crippen LogP contribution is -2.64. The van der Waals surface area contributed by atoms with Gasteiger partial charge in [-0.05, 0) is 37.5 Å². The Bertz CT molecular complexity index is 1110. The molecule has 1 aliphatic carbocycles. The van der Waals surface area contributed by atoms with Gasteiger partial charge in [0.05, 0.1) is 6.54 Å². The molecule has 2 heterocycles. The van der Waals surface area contributed by atoms with Gasteiger partial charge in [0.2, 0.25) is 5.91 Å². The molecule has 31 heavy (non-hydrogen) atoms. The zero-order valence-electron chi connectivity index (χ0n) is 18.0. The lowest BCUT2D eigenvalue weighted by Gasteiger charge is -2.45. The van der Waals surface area contributed by atoms with Crippen LogP contribution in [0.25, 0.3) is 10.9 Å². The van der Waals surface area contributed by atoms with Crippen LogP contribution >= 0.6 is 0 Å². The molecule has 0 saturated heterocycles. The zero-order chi connectivity index (χ0) is 21.4. The summed E-state index contributed by atoms with van der Waals surface area (Å²) in [5.74, 6) is -0.139. The number of amides is 2. The monoisotopic (exact) mass is 415 g/mol. The summed E-state index contributed by atoms with van der Waals surface area (Å²) in [6.07, 6.45) is 5.58. The smallest absolute Gasteiger partial charge is 0.271 e. The van der Waals surface area contributed by atoms with E-state index in [4.69, 9.17) is 0 Å². The van der Waals surface area contributed by atoms with Crippen molar-refractivity contribution in [1.29, 1.82) is 0 Å². The Morgan fingerprint density at radius 1 is 1.03 bits per heavy atom. The van der Waals surface area contributed by atoms with E-state index in [0.29, 0.717) is 18.8 Å². The number of fused-ring (bicyclic) bond motifs is 3. The van der Waals surface area contributed by atoms with Crippen molar-refractivity contribution in [3.8, 4) is 0 Å². The van der Waals surface area contributed by atoms with Gasteiger partial charge in [-0.1, -0.05) is 67.8 Å². The normalized spacial score (nSPS) is 21.8. The molecule has 160 valence electrons. The van der Waals surface area contributed by atoms with Crippen LogP contribution in [0.4, 0.5) is 0 Å². The number of carbonyl (C=O) groups is 2. The van der Waals surface area contributed by atoms with Crippen LogP contribution < -0.4 is 5.32 Å². The van der Waals surface area contributed by atoms with Crippen LogP contribution in [0.1, 0.15) is 55.1 Å². The molecule has 5 rings (SSSR count). The van der Waals surface area contributed by atoms with Gasteiger partial charge in [-0.25, -0.2) is 0 Å². The maximum absolute atomic E-state index is 13.7. The lowest BCUT2D eigenvalue weighted by molar-refractivity contribution is -0.134. The van der Waals surface area contributed by atoms with Gasteiger partial charge >= 0.3 is 0 Å². The van der Waals surface area contributed by atoms with Crippen LogP contribution in [0.3, 0.4) is 0 Å². The Morgan fingerprint density at radius 2 is 1.74 bits per heavy atom. The van der Waals surface area contributed by atoms with E-state index in [1.54, 1.807) is 4.90 Å². The predicted molar refractivity (Wildman–Crippen MR) is 122 cm³/mol. The van der Waals surface area contributed by atoms with E-state index in [1.165, 1.54) is 6.42 Å². The van der Waals surface area contributed by atoms with Crippen molar-refractivity contribution in [2.75, 3.05) is 0 Å². The summed E-state index contributed by atoms with van der Waals surface area (Å²) < 4.78 is 2.03. The standard InChI is InChI=1S/C26H29N3O2/c1-26(25(31)27-21-13-6-3-7-14-21)18-28-22-15-9-8-12-20(22)16-23(28)24(30)29(26)17-19-10-4-2-5-11-19/h2,4-5,8-12,15-16,21H,3,6-7,13-14,17-18H2,1H3,(H,27,31)/t26-/m1/s1. The number of aromatic nitrogens is 1. The quantitative estimate of drug-likeness (QED) is 0.682. The molecule has 0 bridgehead atoms. The van der Waals surface area contributed by atoms with Gasteiger partial charge in [-0.3, -0.25) is 9.59 Å². The topological polar surface area (TPSA) is 54.3 Å². The molecular formula is C26H29N3O2. The minimum absolute atomic E-state index is 0.0490. The van der Waals surface area contributed by atoms with E-state index in [1.807, 2.05) is 72.2 Å². The third-order valence-electron chi connectivity index (χ3n) is 6.95. The molecule has 1 aliphatic heterocycles. The fourth-order valence-electron chi connectivity index (χ4n) is 5.11. The van der Waals surface area contributed by atoms with Crippen molar-refractivity contribution < 1.29 is 9.59 Å². The van der Waals surface area contributed by atoms with E-state index in [2.05, 4.69) is 5.32 Å². The van der Waals surface area contributed by atoms with Crippen molar-refractivity contribution in [3.63, 3.8) is 0 Å². The van der Waals surface area contributed by atoms with Gasteiger partial charge < -0.3 is 14.8 Å². The summed E-state index contributed by atoms with van der Waals surface area (Å²) in [4.78, 5) is 29.2. The molecule has 0 radical (unpaired) electrons. The van der Waals surface area contributed by atoms with Crippen molar-refractivity contribution >= 4 is 22.7 Å². The first-order valence-electron chi connectivity index (χ1n) is 11.3. The first-order valence-corrected chi connectivity index (χ1v) is 11.3. The second-order valence-electron chi connectivity index (χ2n) is 9.13. The molecule has 1 fully saturated rings. The summed E-state index contributed by atoms with van der Waals surface area (Å²) in [5, 5.41) is 4.32. The van der Waals surface area contributed by atoms with E-state index in [0.717, 1.165) is 42.1 Å². The van der Waals surface area contributed by atoms with Crippen LogP contribution in [-0.2, 0) is 17.9 Å². The maximum Gasteiger partial charge on any atom is 0.271 e. The molecule has 3 aromatic rings. The van der Waals surface area contributed by atoms with E-state index < -0.39 is 5.54 Å². The summed E-state index contributed by atoms with van der Waals surface area (Å²) in [6.45, 7) is 2.78. The molecule has 1 aromatic heterocycles. The highest BCUT2D eigenvalue weighted by Crippen LogP contribution is 2.34. The summed E-state index contributed by atoms with van der Waals surface area (Å²) in [5.41, 5.74) is 1.72. The molecular weight excluding hydrogens is 386 g/mol. The average Bonchev–Trinajstić information content (AvgIpc) is 3.16. The van der Waals surface area contributed by atoms with Gasteiger partial charge in [0.15, 0.2) is 0 Å². The van der Waals surface area contributed by atoms with Crippen LogP contribution in [0, 0.1) is 0 Å². The van der Waals surface area contributed by atoms with Crippen LogP contribution in [-0.4, -0.2) is 32.9 Å². The highest BCUT2D eigenvalue weighted by atomic mass is 16.2. The number of nitrogens with zero attached hydrogens (tertiary/aromatic N) is 2. The second kappa shape index (κ2) is 7.88. The molecule has 0 spiro atoms. The summed E-state index contributed by atoms with van der Waals surface area (Å²) in [7, 11) is 0. The van der Waals surface area contributed by atoms with Crippen molar-refractivity contribution in [1.82, 2.24) is 14.8 Å². The molecule has 1 atom stereocenters. The van der Waals surface area contributed by atoms with Crippen molar-refractivity contribution in [2.24, 2.45) is 0 Å². The van der Waals surface area contributed by atoms with Gasteiger partial charge in [0.1, 0.15) is 11.2 Å². The maximum atomic E-state index is 13.7. The molecule has 1 N–H and O–H groups in total. The number of benzene rings is 2. The minimum atomic E-state index is -0.959. The minimum Gasteiger partial charge on any atom is -0.351 e. The summed E-state index contributed by atoms with van der Waals surface area (Å²) in [6, 6.07) is 20.1. The first kappa shape index (κ1) is 19.9. The first-order chi connectivity index (χ1) is 15.1. The van der Waals surface area contributed by atoms with Crippen LogP contribution in [0.2, 0.25) is 0 Å². The Labute approximate surface area is 183 Å². The van der Waals surface area contributed by atoms with E-state index in [9.17, 15) is 9.59 Å². The predicted octanol–water partition coefficient (Wildman–Crippen LogP) is 4.50. The zero-order valence-corrected chi connectivity index (χ0v) is 18.0. The van der Waals surface area contributed by atoms with Crippen LogP contribution in [0.15, 0.2) is 60.7 Å². The average molecular weight is 416 g/mol. The Kier molecular flexibility index (Phi) is 5.05. The highest BCUT2D eigenvalue weighted by Gasteiger charge is 2.48. The molecule has 0 unspecified atom stereocenters. The highest BCUT2D eigenvalue weighted by molar-refractivity contribution is 6.03.